The molecule has 1 aromatic rings. The number of ether oxygens (including phenoxy) is 3. The van der Waals surface area contributed by atoms with Gasteiger partial charge in [0.15, 0.2) is 17.7 Å². The molecule has 0 aliphatic carbocycles. The highest BCUT2D eigenvalue weighted by Crippen LogP contribution is 2.29. The third-order valence-corrected chi connectivity index (χ3v) is 3.21. The summed E-state index contributed by atoms with van der Waals surface area (Å²) in [7, 11) is 2.80. The molecule has 1 aromatic carbocycles. The van der Waals surface area contributed by atoms with E-state index in [0.29, 0.717) is 23.8 Å². The van der Waals surface area contributed by atoms with Crippen LogP contribution < -0.4 is 20.5 Å². The zero-order chi connectivity index (χ0) is 18.1. The number of benzene rings is 1. The largest absolute Gasteiger partial charge is 0.493 e. The fourth-order valence-corrected chi connectivity index (χ4v) is 1.99. The van der Waals surface area contributed by atoms with E-state index in [2.05, 4.69) is 10.1 Å². The molecule has 0 heterocycles. The van der Waals surface area contributed by atoms with Crippen molar-refractivity contribution < 1.29 is 24.1 Å². The first-order valence-electron chi connectivity index (χ1n) is 7.66. The van der Waals surface area contributed by atoms with Gasteiger partial charge >= 0.3 is 6.09 Å². The maximum absolute atomic E-state index is 11.0. The molecule has 1 rings (SSSR count). The van der Waals surface area contributed by atoms with Crippen LogP contribution in [0.3, 0.4) is 0 Å². The maximum atomic E-state index is 11.0. The lowest BCUT2D eigenvalue weighted by Crippen LogP contribution is -2.40. The molecule has 0 aliphatic rings. The number of nitrogens with two attached hydrogens (primary N) is 1. The van der Waals surface area contributed by atoms with E-state index >= 15 is 0 Å². The van der Waals surface area contributed by atoms with E-state index in [-0.39, 0.29) is 0 Å². The molecule has 24 heavy (non-hydrogen) atoms. The molecule has 0 saturated carbocycles. The zero-order valence-electron chi connectivity index (χ0n) is 14.5. The fraction of sp³-hybridized carbons (Fsp3) is 0.471. The topological polar surface area (TPSA) is 103 Å². The number of aliphatic hydroxyl groups excluding tert-OH is 1. The Balaban J connectivity index is 2.77. The molecule has 0 saturated heterocycles. The third kappa shape index (κ3) is 6.47. The Morgan fingerprint density at radius 2 is 2.04 bits per heavy atom. The van der Waals surface area contributed by atoms with E-state index in [4.69, 9.17) is 15.2 Å². The van der Waals surface area contributed by atoms with Gasteiger partial charge in [-0.15, -0.1) is 0 Å². The third-order valence-electron chi connectivity index (χ3n) is 3.21. The first kappa shape index (κ1) is 19.8. The van der Waals surface area contributed by atoms with Crippen molar-refractivity contribution in [3.8, 4) is 11.5 Å². The molecule has 2 atom stereocenters. The minimum absolute atomic E-state index is 0.311. The molecule has 0 bridgehead atoms. The molecule has 0 radical (unpaired) electrons. The summed E-state index contributed by atoms with van der Waals surface area (Å²) in [6.07, 6.45) is 1.52. The Hall–Kier alpha value is -2.25. The Morgan fingerprint density at radius 1 is 1.33 bits per heavy atom. The summed E-state index contributed by atoms with van der Waals surface area (Å²) < 4.78 is 15.4. The smallest absolute Gasteiger partial charge is 0.410 e. The van der Waals surface area contributed by atoms with Crippen molar-refractivity contribution in [3.05, 3.63) is 30.0 Å². The van der Waals surface area contributed by atoms with Crippen LogP contribution in [0, 0.1) is 5.92 Å². The predicted molar refractivity (Wildman–Crippen MR) is 91.6 cm³/mol. The first-order chi connectivity index (χ1) is 11.4. The number of amides is 1. The molecule has 0 aromatic heterocycles. The Labute approximate surface area is 142 Å². The molecule has 1 amide bonds. The zero-order valence-corrected chi connectivity index (χ0v) is 14.5. The lowest BCUT2D eigenvalue weighted by Gasteiger charge is -2.22. The van der Waals surface area contributed by atoms with Gasteiger partial charge in [0.25, 0.3) is 0 Å². The average Bonchev–Trinajstić information content (AvgIpc) is 2.54. The van der Waals surface area contributed by atoms with E-state index in [1.165, 1.54) is 20.4 Å². The van der Waals surface area contributed by atoms with Gasteiger partial charge in [0.2, 0.25) is 0 Å². The molecular weight excluding hydrogens is 312 g/mol. The summed E-state index contributed by atoms with van der Waals surface area (Å²) in [5.74, 6) is 1.22. The highest BCUT2D eigenvalue weighted by atomic mass is 16.5. The number of nitrogens with one attached hydrogen (secondary N) is 1. The molecule has 0 fully saturated rings. The number of hydrogen-bond donors (Lipinski definition) is 3. The first-order valence-corrected chi connectivity index (χ1v) is 7.66. The Morgan fingerprint density at radius 3 is 2.62 bits per heavy atom. The van der Waals surface area contributed by atoms with Crippen LogP contribution in [0.25, 0.3) is 6.08 Å². The van der Waals surface area contributed by atoms with Crippen LogP contribution in [0.5, 0.6) is 11.5 Å². The van der Waals surface area contributed by atoms with Gasteiger partial charge in [0, 0.05) is 6.20 Å². The second-order valence-corrected chi connectivity index (χ2v) is 5.66. The van der Waals surface area contributed by atoms with Crippen LogP contribution in [0.2, 0.25) is 0 Å². The van der Waals surface area contributed by atoms with Gasteiger partial charge in [-0.1, -0.05) is 19.9 Å². The van der Waals surface area contributed by atoms with Crippen molar-refractivity contribution in [3.63, 3.8) is 0 Å². The lowest BCUT2D eigenvalue weighted by atomic mass is 10.1. The summed E-state index contributed by atoms with van der Waals surface area (Å²) in [6, 6.07) is 5.19. The van der Waals surface area contributed by atoms with Gasteiger partial charge in [-0.05, 0) is 36.1 Å². The molecular formula is C17H26N2O5. The Kier molecular flexibility index (Phi) is 8.08. The summed E-state index contributed by atoms with van der Waals surface area (Å²) in [4.78, 5) is 11.0. The van der Waals surface area contributed by atoms with E-state index < -0.39 is 18.4 Å². The van der Waals surface area contributed by atoms with Crippen molar-refractivity contribution in [2.24, 2.45) is 11.7 Å². The minimum atomic E-state index is -0.844. The molecule has 2 unspecified atom stereocenters. The van der Waals surface area contributed by atoms with Crippen molar-refractivity contribution in [1.29, 1.82) is 0 Å². The van der Waals surface area contributed by atoms with Gasteiger partial charge in [-0.2, -0.15) is 0 Å². The molecule has 7 nitrogen and oxygen atoms in total. The number of hydrogen-bond acceptors (Lipinski definition) is 6. The minimum Gasteiger partial charge on any atom is -0.493 e. The molecule has 0 aliphatic heterocycles. The average molecular weight is 338 g/mol. The van der Waals surface area contributed by atoms with Crippen molar-refractivity contribution in [1.82, 2.24) is 5.32 Å². The normalized spacial score (nSPS) is 13.6. The van der Waals surface area contributed by atoms with Gasteiger partial charge in [0.1, 0.15) is 6.10 Å². The molecule has 134 valence electrons. The van der Waals surface area contributed by atoms with Gasteiger partial charge < -0.3 is 19.3 Å². The standard InChI is InChI=1S/C17H26N2O5/c1-11(2)9-13(20)16(18)24-14-6-5-12(10-15(14)22-3)7-8-19-17(21)23-4/h5-8,10-11,13,16,20H,9,18H2,1-4H3,(H,19,21). The SMILES string of the molecule is COC(=O)NC=Cc1ccc(OC(N)C(O)CC(C)C)c(OC)c1. The fourth-order valence-electron chi connectivity index (χ4n) is 1.99. The maximum Gasteiger partial charge on any atom is 0.410 e. The number of methoxy groups -OCH3 is 2. The van der Waals surface area contributed by atoms with E-state index in [1.807, 2.05) is 13.8 Å². The molecule has 7 heteroatoms. The van der Waals surface area contributed by atoms with E-state index in [0.717, 1.165) is 5.56 Å². The lowest BCUT2D eigenvalue weighted by molar-refractivity contribution is 0.0255. The van der Waals surface area contributed by atoms with Crippen LogP contribution in [-0.2, 0) is 4.74 Å². The molecule has 4 N–H and O–H groups in total. The van der Waals surface area contributed by atoms with Crippen LogP contribution >= 0.6 is 0 Å². The van der Waals surface area contributed by atoms with Crippen LogP contribution in [0.1, 0.15) is 25.8 Å². The van der Waals surface area contributed by atoms with Gasteiger partial charge in [-0.25, -0.2) is 4.79 Å². The number of carbonyl (C=O) groups is 1. The van der Waals surface area contributed by atoms with Crippen molar-refractivity contribution in [2.75, 3.05) is 14.2 Å². The van der Waals surface area contributed by atoms with Crippen LogP contribution in [-0.4, -0.2) is 37.8 Å². The van der Waals surface area contributed by atoms with Gasteiger partial charge in [0.05, 0.1) is 14.2 Å². The monoisotopic (exact) mass is 338 g/mol. The van der Waals surface area contributed by atoms with Crippen molar-refractivity contribution >= 4 is 12.2 Å². The second kappa shape index (κ2) is 9.79. The summed E-state index contributed by atoms with van der Waals surface area (Å²) in [6.45, 7) is 4.00. The summed E-state index contributed by atoms with van der Waals surface area (Å²) >= 11 is 0. The van der Waals surface area contributed by atoms with Crippen LogP contribution in [0.15, 0.2) is 24.4 Å². The highest BCUT2D eigenvalue weighted by Gasteiger charge is 2.19. The number of carbonyl (C=O) groups excluding carboxylic acids is 1. The number of rotatable bonds is 8. The highest BCUT2D eigenvalue weighted by molar-refractivity contribution is 5.69. The van der Waals surface area contributed by atoms with E-state index in [1.54, 1.807) is 24.3 Å². The second-order valence-electron chi connectivity index (χ2n) is 5.66. The molecule has 0 spiro atoms. The van der Waals surface area contributed by atoms with Crippen LogP contribution in [0.4, 0.5) is 4.79 Å². The number of aliphatic hydroxyl groups is 1. The number of alkyl carbamates (subject to hydrolysis) is 1. The van der Waals surface area contributed by atoms with Gasteiger partial charge in [-0.3, -0.25) is 11.1 Å². The summed E-state index contributed by atoms with van der Waals surface area (Å²) in [5.41, 5.74) is 6.67. The van der Waals surface area contributed by atoms with Crippen molar-refractivity contribution in [2.45, 2.75) is 32.6 Å². The quantitative estimate of drug-likeness (QED) is 0.627. The van der Waals surface area contributed by atoms with E-state index in [9.17, 15) is 9.90 Å². The summed E-state index contributed by atoms with van der Waals surface area (Å²) in [5, 5.41) is 12.4. The predicted octanol–water partition coefficient (Wildman–Crippen LogP) is 2.09. The Bertz CT molecular complexity index is 560.